The number of aromatic nitrogens is 2. The van der Waals surface area contributed by atoms with E-state index >= 15 is 0 Å². The van der Waals surface area contributed by atoms with Gasteiger partial charge in [-0.05, 0) is 19.8 Å². The summed E-state index contributed by atoms with van der Waals surface area (Å²) in [7, 11) is 0. The Morgan fingerprint density at radius 1 is 1.65 bits per heavy atom. The highest BCUT2D eigenvalue weighted by molar-refractivity contribution is 5.97. The largest absolute Gasteiger partial charge is 0.396 e. The Morgan fingerprint density at radius 2 is 2.35 bits per heavy atom. The van der Waals surface area contributed by atoms with Gasteiger partial charge in [0.05, 0.1) is 11.4 Å². The summed E-state index contributed by atoms with van der Waals surface area (Å²) in [6.45, 7) is 3.89. The minimum atomic E-state index is -0.304. The highest BCUT2D eigenvalue weighted by Crippen LogP contribution is 2.15. The number of carbonyl (C=O) groups excluding carboxylic acids is 1. The lowest BCUT2D eigenvalue weighted by atomic mass is 10.2. The number of carbonyl (C=O) groups is 1. The maximum atomic E-state index is 11.8. The average molecular weight is 240 g/mol. The maximum Gasteiger partial charge on any atom is 0.274 e. The second-order valence-corrected chi connectivity index (χ2v) is 4.10. The van der Waals surface area contributed by atoms with E-state index in [1.165, 1.54) is 0 Å². The van der Waals surface area contributed by atoms with Gasteiger partial charge in [0.15, 0.2) is 5.69 Å². The number of aliphatic hydroxyl groups is 1. The number of nitrogens with zero attached hydrogens (tertiary/aromatic N) is 1. The van der Waals surface area contributed by atoms with Crippen LogP contribution in [0, 0.1) is 0 Å². The van der Waals surface area contributed by atoms with E-state index in [9.17, 15) is 4.79 Å². The van der Waals surface area contributed by atoms with Gasteiger partial charge >= 0.3 is 0 Å². The van der Waals surface area contributed by atoms with E-state index in [-0.39, 0.29) is 24.2 Å². The van der Waals surface area contributed by atoms with Crippen molar-refractivity contribution in [2.75, 3.05) is 12.3 Å². The van der Waals surface area contributed by atoms with Crippen molar-refractivity contribution in [2.24, 2.45) is 0 Å². The van der Waals surface area contributed by atoms with Crippen molar-refractivity contribution in [3.63, 3.8) is 0 Å². The molecule has 0 aliphatic rings. The van der Waals surface area contributed by atoms with Crippen LogP contribution < -0.4 is 11.1 Å². The van der Waals surface area contributed by atoms with Crippen molar-refractivity contribution in [3.05, 3.63) is 11.4 Å². The van der Waals surface area contributed by atoms with Crippen molar-refractivity contribution in [2.45, 2.75) is 39.2 Å². The van der Waals surface area contributed by atoms with Crippen LogP contribution in [0.1, 0.15) is 42.9 Å². The number of hydrogen-bond acceptors (Lipinski definition) is 4. The van der Waals surface area contributed by atoms with Gasteiger partial charge in [-0.3, -0.25) is 9.89 Å². The molecule has 0 bridgehead atoms. The summed E-state index contributed by atoms with van der Waals surface area (Å²) in [5.41, 5.74) is 7.29. The smallest absolute Gasteiger partial charge is 0.274 e. The molecule has 1 heterocycles. The van der Waals surface area contributed by atoms with Crippen LogP contribution in [0.3, 0.4) is 0 Å². The van der Waals surface area contributed by atoms with Crippen molar-refractivity contribution in [3.8, 4) is 0 Å². The molecule has 0 aromatic carbocycles. The molecule has 0 radical (unpaired) electrons. The molecule has 96 valence electrons. The SMILES string of the molecule is CCCc1[nH]nc(C(=O)NC(C)CCO)c1N. The Morgan fingerprint density at radius 3 is 2.94 bits per heavy atom. The number of hydrogen-bond donors (Lipinski definition) is 4. The molecule has 0 aliphatic carbocycles. The number of nitrogen functional groups attached to an aromatic ring is 1. The average Bonchev–Trinajstić information content (AvgIpc) is 2.61. The number of nitrogens with one attached hydrogen (secondary N) is 2. The number of nitrogens with two attached hydrogens (primary N) is 1. The molecule has 1 amide bonds. The fourth-order valence-corrected chi connectivity index (χ4v) is 1.56. The van der Waals surface area contributed by atoms with Crippen LogP contribution in [-0.4, -0.2) is 33.9 Å². The van der Waals surface area contributed by atoms with E-state index in [4.69, 9.17) is 10.8 Å². The third kappa shape index (κ3) is 3.45. The number of aliphatic hydroxyl groups excluding tert-OH is 1. The van der Waals surface area contributed by atoms with E-state index in [0.29, 0.717) is 12.1 Å². The quantitative estimate of drug-likeness (QED) is 0.579. The third-order valence-corrected chi connectivity index (χ3v) is 2.54. The molecule has 1 aromatic heterocycles. The fourth-order valence-electron chi connectivity index (χ4n) is 1.56. The van der Waals surface area contributed by atoms with Crippen LogP contribution in [0.15, 0.2) is 0 Å². The summed E-state index contributed by atoms with van der Waals surface area (Å²) in [6, 6.07) is -0.0989. The van der Waals surface area contributed by atoms with Crippen molar-refractivity contribution in [1.82, 2.24) is 15.5 Å². The van der Waals surface area contributed by atoms with Crippen molar-refractivity contribution >= 4 is 11.6 Å². The summed E-state index contributed by atoms with van der Waals surface area (Å²) >= 11 is 0. The second kappa shape index (κ2) is 6.24. The summed E-state index contributed by atoms with van der Waals surface area (Å²) < 4.78 is 0. The molecular formula is C11H20N4O2. The number of rotatable bonds is 6. The molecule has 17 heavy (non-hydrogen) atoms. The van der Waals surface area contributed by atoms with Gasteiger partial charge in [-0.2, -0.15) is 5.10 Å². The monoisotopic (exact) mass is 240 g/mol. The lowest BCUT2D eigenvalue weighted by Crippen LogP contribution is -2.33. The van der Waals surface area contributed by atoms with Crippen molar-refractivity contribution < 1.29 is 9.90 Å². The first-order valence-electron chi connectivity index (χ1n) is 5.84. The molecule has 6 nitrogen and oxygen atoms in total. The molecule has 5 N–H and O–H groups in total. The zero-order valence-electron chi connectivity index (χ0n) is 10.3. The van der Waals surface area contributed by atoms with E-state index in [1.54, 1.807) is 0 Å². The zero-order chi connectivity index (χ0) is 12.8. The molecular weight excluding hydrogens is 220 g/mol. The number of aryl methyl sites for hydroxylation is 1. The third-order valence-electron chi connectivity index (χ3n) is 2.54. The molecule has 0 spiro atoms. The van der Waals surface area contributed by atoms with E-state index in [2.05, 4.69) is 15.5 Å². The van der Waals surface area contributed by atoms with E-state index < -0.39 is 0 Å². The molecule has 1 unspecified atom stereocenters. The standard InChI is InChI=1S/C11H20N4O2/c1-3-4-8-9(12)10(15-14-8)11(17)13-7(2)5-6-16/h7,16H,3-6,12H2,1-2H3,(H,13,17)(H,14,15). The van der Waals surface area contributed by atoms with Crippen LogP contribution >= 0.6 is 0 Å². The highest BCUT2D eigenvalue weighted by Gasteiger charge is 2.18. The van der Waals surface area contributed by atoms with Gasteiger partial charge in [-0.1, -0.05) is 13.3 Å². The summed E-state index contributed by atoms with van der Waals surface area (Å²) in [6.07, 6.45) is 2.23. The maximum absolute atomic E-state index is 11.8. The molecule has 0 aliphatic heterocycles. The Bertz CT molecular complexity index is 376. The van der Waals surface area contributed by atoms with Crippen LogP contribution in [0.5, 0.6) is 0 Å². The number of H-pyrrole nitrogens is 1. The lowest BCUT2D eigenvalue weighted by molar-refractivity contribution is 0.0930. The minimum absolute atomic E-state index is 0.0403. The van der Waals surface area contributed by atoms with Crippen LogP contribution in [0.2, 0.25) is 0 Å². The number of aromatic amines is 1. The Kier molecular flexibility index (Phi) is 4.96. The predicted octanol–water partition coefficient (Wildman–Crippen LogP) is 0.445. The normalized spacial score (nSPS) is 12.4. The molecule has 1 aromatic rings. The highest BCUT2D eigenvalue weighted by atomic mass is 16.3. The predicted molar refractivity (Wildman–Crippen MR) is 65.6 cm³/mol. The first-order chi connectivity index (χ1) is 8.10. The van der Waals surface area contributed by atoms with Crippen LogP contribution in [-0.2, 0) is 6.42 Å². The fraction of sp³-hybridized carbons (Fsp3) is 0.636. The molecule has 0 saturated heterocycles. The molecule has 1 rings (SSSR count). The molecule has 1 atom stereocenters. The van der Waals surface area contributed by atoms with E-state index in [0.717, 1.165) is 18.5 Å². The Balaban J connectivity index is 2.69. The Labute approximate surface area is 101 Å². The van der Waals surface area contributed by atoms with Gasteiger partial charge in [0.2, 0.25) is 0 Å². The van der Waals surface area contributed by atoms with E-state index in [1.807, 2.05) is 13.8 Å². The summed E-state index contributed by atoms with van der Waals surface area (Å²) in [4.78, 5) is 11.8. The van der Waals surface area contributed by atoms with Gasteiger partial charge in [-0.15, -0.1) is 0 Å². The van der Waals surface area contributed by atoms with Gasteiger partial charge in [0.1, 0.15) is 0 Å². The topological polar surface area (TPSA) is 104 Å². The Hall–Kier alpha value is -1.56. The second-order valence-electron chi connectivity index (χ2n) is 4.10. The number of amides is 1. The molecule has 0 fully saturated rings. The summed E-state index contributed by atoms with van der Waals surface area (Å²) in [5.74, 6) is -0.304. The molecule has 0 saturated carbocycles. The minimum Gasteiger partial charge on any atom is -0.396 e. The first kappa shape index (κ1) is 13.5. The van der Waals surface area contributed by atoms with Crippen LogP contribution in [0.4, 0.5) is 5.69 Å². The first-order valence-corrected chi connectivity index (χ1v) is 5.84. The summed E-state index contributed by atoms with van der Waals surface area (Å²) in [5, 5.41) is 18.2. The number of anilines is 1. The van der Waals surface area contributed by atoms with Gasteiger partial charge < -0.3 is 16.2 Å². The molecule has 6 heteroatoms. The van der Waals surface area contributed by atoms with Crippen LogP contribution in [0.25, 0.3) is 0 Å². The lowest BCUT2D eigenvalue weighted by Gasteiger charge is -2.11. The zero-order valence-corrected chi connectivity index (χ0v) is 10.3. The van der Waals surface area contributed by atoms with Gasteiger partial charge in [-0.25, -0.2) is 0 Å². The van der Waals surface area contributed by atoms with Crippen molar-refractivity contribution in [1.29, 1.82) is 0 Å². The van der Waals surface area contributed by atoms with Gasteiger partial charge in [0.25, 0.3) is 5.91 Å². The van der Waals surface area contributed by atoms with Gasteiger partial charge in [0, 0.05) is 12.6 Å².